The van der Waals surface area contributed by atoms with E-state index in [1.54, 1.807) is 0 Å². The number of hydrogen-bond acceptors (Lipinski definition) is 3. The van der Waals surface area contributed by atoms with E-state index >= 15 is 0 Å². The van der Waals surface area contributed by atoms with Crippen molar-refractivity contribution in [2.75, 3.05) is 21.3 Å². The van der Waals surface area contributed by atoms with Gasteiger partial charge in [0.1, 0.15) is 16.8 Å². The van der Waals surface area contributed by atoms with Gasteiger partial charge in [-0.1, -0.05) is 72.8 Å². The van der Waals surface area contributed by atoms with E-state index in [1.165, 1.54) is 0 Å². The maximum Gasteiger partial charge on any atom is 0.131 e. The number of benzene rings is 3. The third-order valence-electron chi connectivity index (χ3n) is 8.09. The van der Waals surface area contributed by atoms with Gasteiger partial charge in [0, 0.05) is 21.3 Å². The van der Waals surface area contributed by atoms with Crippen LogP contribution in [0.1, 0.15) is 40.3 Å². The molecule has 0 bridgehead atoms. The molecule has 146 valence electrons. The van der Waals surface area contributed by atoms with Crippen molar-refractivity contribution in [1.29, 1.82) is 0 Å². The number of methoxy groups -OCH3 is 3. The Bertz CT molecular complexity index is 949. The van der Waals surface area contributed by atoms with E-state index in [4.69, 9.17) is 14.2 Å². The average Bonchev–Trinajstić information content (AvgIpc) is 3.21. The van der Waals surface area contributed by atoms with Crippen LogP contribution in [0.15, 0.2) is 72.8 Å². The first kappa shape index (κ1) is 17.4. The summed E-state index contributed by atoms with van der Waals surface area (Å²) in [5, 5.41) is 0. The molecule has 0 radical (unpaired) electrons. The summed E-state index contributed by atoms with van der Waals surface area (Å²) in [5.41, 5.74) is 4.32. The van der Waals surface area contributed by atoms with Crippen LogP contribution in [0.5, 0.6) is 0 Å². The van der Waals surface area contributed by atoms with Crippen molar-refractivity contribution in [2.24, 2.45) is 5.41 Å². The third kappa shape index (κ3) is 1.35. The monoisotopic (exact) mass is 384 g/mol. The van der Waals surface area contributed by atoms with E-state index in [1.807, 2.05) is 21.3 Å². The van der Waals surface area contributed by atoms with Gasteiger partial charge >= 0.3 is 0 Å². The molecule has 29 heavy (non-hydrogen) atoms. The van der Waals surface area contributed by atoms with Gasteiger partial charge in [-0.05, 0) is 40.3 Å². The molecule has 3 nitrogen and oxygen atoms in total. The molecule has 3 aliphatic carbocycles. The van der Waals surface area contributed by atoms with E-state index in [2.05, 4.69) is 79.7 Å². The van der Waals surface area contributed by atoms with Crippen LogP contribution >= 0.6 is 0 Å². The SMILES string of the molecule is COC12c3ccccc3C3(OC)c4ccccc4C(OC)(c4ccccc41)C23C. The molecule has 3 aromatic carbocycles. The lowest BCUT2D eigenvalue weighted by molar-refractivity contribution is -0.222. The second-order valence-corrected chi connectivity index (χ2v) is 8.42. The lowest BCUT2D eigenvalue weighted by atomic mass is 9.63. The summed E-state index contributed by atoms with van der Waals surface area (Å²) in [7, 11) is 5.46. The van der Waals surface area contributed by atoms with Gasteiger partial charge in [-0.15, -0.1) is 0 Å². The Hall–Kier alpha value is -2.46. The highest BCUT2D eigenvalue weighted by Crippen LogP contribution is 2.82. The van der Waals surface area contributed by atoms with Gasteiger partial charge in [-0.2, -0.15) is 0 Å². The van der Waals surface area contributed by atoms with Gasteiger partial charge in [0.05, 0.1) is 5.41 Å². The van der Waals surface area contributed by atoms with Crippen LogP contribution in [0.3, 0.4) is 0 Å². The molecular weight excluding hydrogens is 360 g/mol. The Morgan fingerprint density at radius 2 is 0.655 bits per heavy atom. The summed E-state index contributed by atoms with van der Waals surface area (Å²) >= 11 is 0. The first-order chi connectivity index (χ1) is 14.1. The Kier molecular flexibility index (Phi) is 3.10. The van der Waals surface area contributed by atoms with Crippen molar-refractivity contribution < 1.29 is 14.2 Å². The Labute approximate surface area is 171 Å². The van der Waals surface area contributed by atoms with Crippen LogP contribution in [-0.2, 0) is 31.0 Å². The minimum Gasteiger partial charge on any atom is -0.368 e. The number of ether oxygens (including phenoxy) is 3. The van der Waals surface area contributed by atoms with Crippen molar-refractivity contribution in [2.45, 2.75) is 23.7 Å². The maximum atomic E-state index is 6.58. The predicted molar refractivity (Wildman–Crippen MR) is 111 cm³/mol. The molecule has 0 aliphatic heterocycles. The standard InChI is InChI=1S/C26H24O3/c1-23-24(27-2)17-11-5-7-13-19(17)25(23,28-3)21-15-9-10-16-22(21)26(23,29-4)20-14-8-6-12-18(20)24/h5-16H,1-4H3. The average molecular weight is 384 g/mol. The van der Waals surface area contributed by atoms with Crippen LogP contribution in [0.4, 0.5) is 0 Å². The normalized spacial score (nSPS) is 35.2. The van der Waals surface area contributed by atoms with Crippen molar-refractivity contribution in [3.8, 4) is 0 Å². The zero-order valence-corrected chi connectivity index (χ0v) is 17.2. The zero-order chi connectivity index (χ0) is 20.1. The second-order valence-electron chi connectivity index (χ2n) is 8.42. The van der Waals surface area contributed by atoms with Crippen LogP contribution in [0, 0.1) is 5.41 Å². The molecule has 0 heterocycles. The molecule has 3 heteroatoms. The van der Waals surface area contributed by atoms with Crippen molar-refractivity contribution in [3.05, 3.63) is 106 Å². The predicted octanol–water partition coefficient (Wildman–Crippen LogP) is 4.70. The minimum atomic E-state index is -0.689. The van der Waals surface area contributed by atoms with Crippen LogP contribution in [0.2, 0.25) is 0 Å². The van der Waals surface area contributed by atoms with Crippen molar-refractivity contribution in [3.63, 3.8) is 0 Å². The largest absolute Gasteiger partial charge is 0.368 e. The van der Waals surface area contributed by atoms with E-state index in [-0.39, 0.29) is 0 Å². The molecule has 0 aromatic heterocycles. The smallest absolute Gasteiger partial charge is 0.131 e. The molecule has 3 aliphatic rings. The second kappa shape index (κ2) is 5.17. The quantitative estimate of drug-likeness (QED) is 0.655. The lowest BCUT2D eigenvalue weighted by Crippen LogP contribution is -2.56. The molecule has 6 rings (SSSR count). The summed E-state index contributed by atoms with van der Waals surface area (Å²) in [6.45, 7) is 2.28. The Morgan fingerprint density at radius 3 is 0.828 bits per heavy atom. The zero-order valence-electron chi connectivity index (χ0n) is 17.2. The fourth-order valence-electron chi connectivity index (χ4n) is 7.36. The summed E-state index contributed by atoms with van der Waals surface area (Å²) in [6.07, 6.45) is 0. The van der Waals surface area contributed by atoms with Gasteiger partial charge in [0.25, 0.3) is 0 Å². The summed E-state index contributed by atoms with van der Waals surface area (Å²) < 4.78 is 19.8. The van der Waals surface area contributed by atoms with Crippen LogP contribution in [0.25, 0.3) is 0 Å². The topological polar surface area (TPSA) is 27.7 Å². The van der Waals surface area contributed by atoms with E-state index < -0.39 is 22.2 Å². The van der Waals surface area contributed by atoms with Crippen molar-refractivity contribution in [1.82, 2.24) is 0 Å². The molecule has 0 amide bonds. The van der Waals surface area contributed by atoms with Gasteiger partial charge in [0.2, 0.25) is 0 Å². The number of fused-ring (bicyclic) bond motifs is 9. The van der Waals surface area contributed by atoms with Crippen LogP contribution < -0.4 is 0 Å². The van der Waals surface area contributed by atoms with Crippen molar-refractivity contribution >= 4 is 0 Å². The first-order valence-corrected chi connectivity index (χ1v) is 10.1. The number of rotatable bonds is 3. The number of hydrogen-bond donors (Lipinski definition) is 0. The van der Waals surface area contributed by atoms with Gasteiger partial charge < -0.3 is 14.2 Å². The Morgan fingerprint density at radius 1 is 0.448 bits per heavy atom. The summed E-state index contributed by atoms with van der Waals surface area (Å²) in [4.78, 5) is 0. The minimum absolute atomic E-state index is 0.567. The van der Waals surface area contributed by atoms with E-state index in [9.17, 15) is 0 Å². The highest BCUT2D eigenvalue weighted by molar-refractivity contribution is 5.74. The summed E-state index contributed by atoms with van der Waals surface area (Å²) in [5.74, 6) is 0. The maximum absolute atomic E-state index is 6.58. The van der Waals surface area contributed by atoms with E-state index in [0.717, 1.165) is 33.4 Å². The molecule has 0 saturated heterocycles. The highest BCUT2D eigenvalue weighted by Gasteiger charge is 2.86. The van der Waals surface area contributed by atoms with Gasteiger partial charge in [-0.25, -0.2) is 0 Å². The molecular formula is C26H24O3. The molecule has 0 spiro atoms. The molecule has 3 aromatic rings. The molecule has 0 unspecified atom stereocenters. The fraction of sp³-hybridized carbons (Fsp3) is 0.308. The molecule has 0 N–H and O–H groups in total. The van der Waals surface area contributed by atoms with E-state index in [0.29, 0.717) is 0 Å². The molecule has 0 saturated carbocycles. The third-order valence-corrected chi connectivity index (χ3v) is 8.09. The van der Waals surface area contributed by atoms with Crippen LogP contribution in [-0.4, -0.2) is 21.3 Å². The molecule has 0 atom stereocenters. The highest BCUT2D eigenvalue weighted by atomic mass is 16.5. The lowest BCUT2D eigenvalue weighted by Gasteiger charge is -2.49. The summed E-state index contributed by atoms with van der Waals surface area (Å²) in [6, 6.07) is 25.7. The molecule has 0 fully saturated rings. The Balaban J connectivity index is 1.95. The van der Waals surface area contributed by atoms with Gasteiger partial charge in [0.15, 0.2) is 0 Å². The fourth-order valence-corrected chi connectivity index (χ4v) is 7.36. The van der Waals surface area contributed by atoms with Gasteiger partial charge in [-0.3, -0.25) is 0 Å². The first-order valence-electron chi connectivity index (χ1n) is 10.1.